The predicted octanol–water partition coefficient (Wildman–Crippen LogP) is 11.6. The molecule has 0 radical (unpaired) electrons. The quantitative estimate of drug-likeness (QED) is 0.190. The summed E-state index contributed by atoms with van der Waals surface area (Å²) in [6, 6.07) is 59.3. The van der Waals surface area contributed by atoms with Gasteiger partial charge < -0.3 is 4.57 Å². The molecular weight excluding hydrogens is 621 g/mol. The third kappa shape index (κ3) is 4.20. The molecule has 0 fully saturated rings. The minimum Gasteiger partial charge on any atom is -0.309 e. The Hall–Kier alpha value is -6.78. The van der Waals surface area contributed by atoms with Crippen LogP contribution in [0.1, 0.15) is 11.1 Å². The zero-order valence-electron chi connectivity index (χ0n) is 27.7. The van der Waals surface area contributed by atoms with Crippen LogP contribution in [0, 0.1) is 0 Å². The summed E-state index contributed by atoms with van der Waals surface area (Å²) in [6.45, 7) is 0. The molecule has 0 unspecified atom stereocenters. The van der Waals surface area contributed by atoms with E-state index in [9.17, 15) is 0 Å². The monoisotopic (exact) mass is 650 g/mol. The number of aromatic nitrogens is 4. The van der Waals surface area contributed by atoms with Crippen molar-refractivity contribution >= 4 is 43.6 Å². The number of fused-ring (bicyclic) bond motifs is 9. The first kappa shape index (κ1) is 28.1. The molecule has 1 aliphatic rings. The van der Waals surface area contributed by atoms with E-state index in [2.05, 4.69) is 173 Å². The van der Waals surface area contributed by atoms with Gasteiger partial charge in [0.05, 0.1) is 27.8 Å². The highest BCUT2D eigenvalue weighted by Crippen LogP contribution is 2.42. The molecule has 4 heteroatoms. The predicted molar refractivity (Wildman–Crippen MR) is 210 cm³/mol. The van der Waals surface area contributed by atoms with Gasteiger partial charge in [-0.2, -0.15) is 0 Å². The number of benzene rings is 7. The summed E-state index contributed by atoms with van der Waals surface area (Å²) in [5.74, 6) is 0.959. The number of nitrogens with zero attached hydrogens (tertiary/aromatic N) is 4. The molecule has 238 valence electrons. The lowest BCUT2D eigenvalue weighted by atomic mass is 10.0. The Balaban J connectivity index is 1.07. The van der Waals surface area contributed by atoms with Crippen LogP contribution in [-0.4, -0.2) is 19.1 Å². The van der Waals surface area contributed by atoms with Gasteiger partial charge in [-0.3, -0.25) is 4.57 Å². The highest BCUT2D eigenvalue weighted by Gasteiger charge is 2.26. The van der Waals surface area contributed by atoms with E-state index in [0.717, 1.165) is 34.7 Å². The zero-order valence-corrected chi connectivity index (χ0v) is 27.7. The van der Waals surface area contributed by atoms with Crippen LogP contribution in [0.5, 0.6) is 0 Å². The lowest BCUT2D eigenvalue weighted by Gasteiger charge is -2.12. The molecule has 0 aliphatic heterocycles. The third-order valence-electron chi connectivity index (χ3n) is 10.7. The SMILES string of the molecule is c1ccc(-c2cccc(-n3c4ccccc4c4cc(-c5ccc6c(c5)c5ccccc5n6-c5ncnc6c5Cc5ccccc5-6)ccc43)c2)cc1. The average molecular weight is 651 g/mol. The van der Waals surface area contributed by atoms with Gasteiger partial charge in [-0.15, -0.1) is 0 Å². The molecule has 0 N–H and O–H groups in total. The van der Waals surface area contributed by atoms with Gasteiger partial charge >= 0.3 is 0 Å². The molecule has 3 heterocycles. The molecule has 0 saturated heterocycles. The van der Waals surface area contributed by atoms with Crippen molar-refractivity contribution in [3.63, 3.8) is 0 Å². The van der Waals surface area contributed by atoms with Crippen LogP contribution in [0.2, 0.25) is 0 Å². The molecule has 51 heavy (non-hydrogen) atoms. The van der Waals surface area contributed by atoms with Crippen molar-refractivity contribution in [2.75, 3.05) is 0 Å². The normalized spacial score (nSPS) is 12.2. The van der Waals surface area contributed by atoms with Crippen LogP contribution in [0.15, 0.2) is 170 Å². The third-order valence-corrected chi connectivity index (χ3v) is 10.7. The van der Waals surface area contributed by atoms with Gasteiger partial charge in [0, 0.05) is 44.8 Å². The maximum atomic E-state index is 4.92. The van der Waals surface area contributed by atoms with Crippen molar-refractivity contribution < 1.29 is 0 Å². The summed E-state index contributed by atoms with van der Waals surface area (Å²) in [4.78, 5) is 9.66. The van der Waals surface area contributed by atoms with Crippen molar-refractivity contribution in [2.45, 2.75) is 6.42 Å². The number of para-hydroxylation sites is 2. The molecule has 11 rings (SSSR count). The Morgan fingerprint density at radius 1 is 0.412 bits per heavy atom. The number of hydrogen-bond acceptors (Lipinski definition) is 2. The van der Waals surface area contributed by atoms with E-state index >= 15 is 0 Å². The van der Waals surface area contributed by atoms with Crippen molar-refractivity contribution in [1.29, 1.82) is 0 Å². The fraction of sp³-hybridized carbons (Fsp3) is 0.0213. The van der Waals surface area contributed by atoms with Crippen LogP contribution in [0.25, 0.3) is 88.6 Å². The summed E-state index contributed by atoms with van der Waals surface area (Å²) >= 11 is 0. The Kier molecular flexibility index (Phi) is 5.98. The highest BCUT2D eigenvalue weighted by atomic mass is 15.1. The van der Waals surface area contributed by atoms with E-state index in [1.54, 1.807) is 6.33 Å². The van der Waals surface area contributed by atoms with Crippen LogP contribution in [0.4, 0.5) is 0 Å². The molecule has 7 aromatic carbocycles. The van der Waals surface area contributed by atoms with Gasteiger partial charge in [0.25, 0.3) is 0 Å². The molecular formula is C47H30N4. The van der Waals surface area contributed by atoms with Crippen LogP contribution < -0.4 is 0 Å². The van der Waals surface area contributed by atoms with Gasteiger partial charge in [0.1, 0.15) is 12.1 Å². The molecule has 0 saturated carbocycles. The molecule has 10 aromatic rings. The second-order valence-corrected chi connectivity index (χ2v) is 13.4. The highest BCUT2D eigenvalue weighted by molar-refractivity contribution is 6.12. The van der Waals surface area contributed by atoms with Gasteiger partial charge in [-0.1, -0.05) is 115 Å². The Morgan fingerprint density at radius 3 is 1.76 bits per heavy atom. The topological polar surface area (TPSA) is 35.6 Å². The van der Waals surface area contributed by atoms with E-state index in [0.29, 0.717) is 0 Å². The van der Waals surface area contributed by atoms with Crippen molar-refractivity contribution in [2.24, 2.45) is 0 Å². The molecule has 3 aromatic heterocycles. The van der Waals surface area contributed by atoms with Gasteiger partial charge in [0.15, 0.2) is 0 Å². The fourth-order valence-electron chi connectivity index (χ4n) is 8.35. The minimum atomic E-state index is 0.831. The van der Waals surface area contributed by atoms with Gasteiger partial charge in [-0.25, -0.2) is 9.97 Å². The number of hydrogen-bond donors (Lipinski definition) is 0. The van der Waals surface area contributed by atoms with E-state index in [1.165, 1.54) is 71.5 Å². The first-order valence-corrected chi connectivity index (χ1v) is 17.5. The zero-order chi connectivity index (χ0) is 33.5. The van der Waals surface area contributed by atoms with E-state index in [4.69, 9.17) is 9.97 Å². The fourth-order valence-corrected chi connectivity index (χ4v) is 8.35. The van der Waals surface area contributed by atoms with E-state index in [1.807, 2.05) is 0 Å². The van der Waals surface area contributed by atoms with Crippen LogP contribution >= 0.6 is 0 Å². The maximum Gasteiger partial charge on any atom is 0.145 e. The van der Waals surface area contributed by atoms with Gasteiger partial charge in [-0.05, 0) is 76.3 Å². The minimum absolute atomic E-state index is 0.831. The molecule has 0 atom stereocenters. The Bertz CT molecular complexity index is 3000. The molecule has 0 spiro atoms. The van der Waals surface area contributed by atoms with Crippen molar-refractivity contribution in [1.82, 2.24) is 19.1 Å². The van der Waals surface area contributed by atoms with Crippen LogP contribution in [-0.2, 0) is 6.42 Å². The molecule has 0 amide bonds. The molecule has 4 nitrogen and oxygen atoms in total. The summed E-state index contributed by atoms with van der Waals surface area (Å²) in [7, 11) is 0. The summed E-state index contributed by atoms with van der Waals surface area (Å²) < 4.78 is 4.73. The smallest absolute Gasteiger partial charge is 0.145 e. The van der Waals surface area contributed by atoms with Gasteiger partial charge in [0.2, 0.25) is 0 Å². The average Bonchev–Trinajstić information content (AvgIpc) is 3.86. The Labute approximate surface area is 294 Å². The van der Waals surface area contributed by atoms with E-state index < -0.39 is 0 Å². The largest absolute Gasteiger partial charge is 0.309 e. The summed E-state index contributed by atoms with van der Waals surface area (Å²) in [5, 5.41) is 4.92. The lowest BCUT2D eigenvalue weighted by molar-refractivity contribution is 1.00. The first-order valence-electron chi connectivity index (χ1n) is 17.5. The second kappa shape index (κ2) is 10.9. The van der Waals surface area contributed by atoms with Crippen molar-refractivity contribution in [3.05, 3.63) is 181 Å². The Morgan fingerprint density at radius 2 is 1.00 bits per heavy atom. The van der Waals surface area contributed by atoms with Crippen molar-refractivity contribution in [3.8, 4) is 45.0 Å². The van der Waals surface area contributed by atoms with E-state index in [-0.39, 0.29) is 0 Å². The maximum absolute atomic E-state index is 4.92. The molecule has 0 bridgehead atoms. The number of rotatable bonds is 4. The lowest BCUT2D eigenvalue weighted by Crippen LogP contribution is -2.03. The second-order valence-electron chi connectivity index (χ2n) is 13.4. The first-order chi connectivity index (χ1) is 25.3. The molecule has 1 aliphatic carbocycles. The summed E-state index contributed by atoms with van der Waals surface area (Å²) in [6.07, 6.45) is 2.55. The standard InChI is InChI=1S/C47H30N4/c1-2-11-30(12-3-1)31-14-10-15-35(25-31)50-42-19-8-6-17-37(42)39-26-32(21-23-44(39)50)33-22-24-45-40(27-33)38-18-7-9-20-43(38)51(45)47-41-28-34-13-4-5-16-36(34)46(41)48-29-49-47/h1-27,29H,28H2. The van der Waals surface area contributed by atoms with Crippen LogP contribution in [0.3, 0.4) is 0 Å². The summed E-state index contributed by atoms with van der Waals surface area (Å²) in [5.41, 5.74) is 15.4.